The second-order valence-electron chi connectivity index (χ2n) is 6.20. The minimum atomic E-state index is -0.935. The third-order valence-electron chi connectivity index (χ3n) is 4.36. The van der Waals surface area contributed by atoms with Gasteiger partial charge in [0.1, 0.15) is 5.01 Å². The average Bonchev–Trinajstić information content (AvgIpc) is 3.31. The van der Waals surface area contributed by atoms with Crippen molar-refractivity contribution in [1.29, 1.82) is 0 Å². The molecule has 1 N–H and O–H groups in total. The minimum Gasteiger partial charge on any atom is -0.344 e. The van der Waals surface area contributed by atoms with Crippen LogP contribution in [0.1, 0.15) is 38.9 Å². The molecule has 5 nitrogen and oxygen atoms in total. The standard InChI is InChI=1S/C18H16F2N4OS/c1-10-9-26-16(22-10)8-21-18(25)17-12-3-2-4-15(12)24(23-17)11-5-6-13(19)14(20)7-11/h5-7,9H,2-4,8H2,1H3,(H,21,25). The third kappa shape index (κ3) is 3.01. The summed E-state index contributed by atoms with van der Waals surface area (Å²) in [6.07, 6.45) is 2.40. The van der Waals surface area contributed by atoms with Gasteiger partial charge in [-0.1, -0.05) is 0 Å². The van der Waals surface area contributed by atoms with Crippen molar-refractivity contribution in [1.82, 2.24) is 20.1 Å². The van der Waals surface area contributed by atoms with Crippen molar-refractivity contribution < 1.29 is 13.6 Å². The molecule has 0 radical (unpaired) electrons. The fraction of sp³-hybridized carbons (Fsp3) is 0.278. The lowest BCUT2D eigenvalue weighted by Crippen LogP contribution is -2.24. The third-order valence-corrected chi connectivity index (χ3v) is 5.33. The average molecular weight is 374 g/mol. The fourth-order valence-electron chi connectivity index (χ4n) is 3.17. The molecule has 1 aliphatic rings. The molecule has 134 valence electrons. The molecule has 8 heteroatoms. The van der Waals surface area contributed by atoms with Crippen molar-refractivity contribution in [3.05, 3.63) is 62.9 Å². The van der Waals surface area contributed by atoms with E-state index in [-0.39, 0.29) is 5.91 Å². The Hall–Kier alpha value is -2.61. The molecule has 1 amide bonds. The summed E-state index contributed by atoms with van der Waals surface area (Å²) in [5.74, 6) is -2.12. The number of hydrogen-bond acceptors (Lipinski definition) is 4. The topological polar surface area (TPSA) is 59.8 Å². The summed E-state index contributed by atoms with van der Waals surface area (Å²) in [6.45, 7) is 2.24. The van der Waals surface area contributed by atoms with Gasteiger partial charge < -0.3 is 5.32 Å². The molecule has 1 aromatic carbocycles. The van der Waals surface area contributed by atoms with E-state index in [9.17, 15) is 13.6 Å². The Bertz CT molecular complexity index is 995. The van der Waals surface area contributed by atoms with Gasteiger partial charge in [-0.25, -0.2) is 18.4 Å². The molecule has 0 spiro atoms. The van der Waals surface area contributed by atoms with Gasteiger partial charge in [0.05, 0.1) is 12.2 Å². The first-order chi connectivity index (χ1) is 12.5. The van der Waals surface area contributed by atoms with E-state index >= 15 is 0 Å². The molecular weight excluding hydrogens is 358 g/mol. The highest BCUT2D eigenvalue weighted by Crippen LogP contribution is 2.28. The maximum absolute atomic E-state index is 13.6. The van der Waals surface area contributed by atoms with E-state index in [1.807, 2.05) is 12.3 Å². The van der Waals surface area contributed by atoms with Gasteiger partial charge >= 0.3 is 0 Å². The zero-order valence-electron chi connectivity index (χ0n) is 14.1. The summed E-state index contributed by atoms with van der Waals surface area (Å²) in [6, 6.07) is 3.63. The number of rotatable bonds is 4. The van der Waals surface area contributed by atoms with Crippen LogP contribution in [0.25, 0.3) is 5.69 Å². The SMILES string of the molecule is Cc1csc(CNC(=O)c2nn(-c3ccc(F)c(F)c3)c3c2CCC3)n1. The normalized spacial score (nSPS) is 13.0. The largest absolute Gasteiger partial charge is 0.344 e. The van der Waals surface area contributed by atoms with Gasteiger partial charge in [-0.05, 0) is 38.3 Å². The highest BCUT2D eigenvalue weighted by atomic mass is 32.1. The van der Waals surface area contributed by atoms with Gasteiger partial charge in [0.15, 0.2) is 17.3 Å². The molecule has 2 aromatic heterocycles. The summed E-state index contributed by atoms with van der Waals surface area (Å²) in [7, 11) is 0. The predicted octanol–water partition coefficient (Wildman–Crippen LogP) is 3.33. The molecule has 0 atom stereocenters. The van der Waals surface area contributed by atoms with Gasteiger partial charge in [-0.2, -0.15) is 5.10 Å². The molecule has 0 saturated heterocycles. The van der Waals surface area contributed by atoms with Crippen LogP contribution in [-0.2, 0) is 19.4 Å². The second-order valence-corrected chi connectivity index (χ2v) is 7.15. The predicted molar refractivity (Wildman–Crippen MR) is 93.5 cm³/mol. The van der Waals surface area contributed by atoms with Crippen LogP contribution in [0.15, 0.2) is 23.6 Å². The Morgan fingerprint density at radius 1 is 1.31 bits per heavy atom. The first-order valence-electron chi connectivity index (χ1n) is 8.28. The molecular formula is C18H16F2N4OS. The van der Waals surface area contributed by atoms with Crippen LogP contribution in [0.5, 0.6) is 0 Å². The first-order valence-corrected chi connectivity index (χ1v) is 9.16. The molecule has 0 unspecified atom stereocenters. The van der Waals surface area contributed by atoms with Crippen LogP contribution in [0.2, 0.25) is 0 Å². The number of hydrogen-bond donors (Lipinski definition) is 1. The molecule has 2 heterocycles. The first kappa shape index (κ1) is 16.8. The smallest absolute Gasteiger partial charge is 0.272 e. The zero-order chi connectivity index (χ0) is 18.3. The van der Waals surface area contributed by atoms with Gasteiger partial charge in [-0.15, -0.1) is 11.3 Å². The Morgan fingerprint density at radius 3 is 2.88 bits per heavy atom. The molecule has 0 bridgehead atoms. The highest BCUT2D eigenvalue weighted by Gasteiger charge is 2.27. The maximum atomic E-state index is 13.6. The lowest BCUT2D eigenvalue weighted by molar-refractivity contribution is 0.0944. The number of amides is 1. The Balaban J connectivity index is 1.62. The number of carbonyl (C=O) groups is 1. The van der Waals surface area contributed by atoms with Crippen molar-refractivity contribution in [2.24, 2.45) is 0 Å². The number of halogens is 2. The number of fused-ring (bicyclic) bond motifs is 1. The second kappa shape index (κ2) is 6.60. The van der Waals surface area contributed by atoms with E-state index in [4.69, 9.17) is 0 Å². The van der Waals surface area contributed by atoms with Crippen molar-refractivity contribution in [2.45, 2.75) is 32.7 Å². The molecule has 1 aliphatic carbocycles. The molecule has 0 fully saturated rings. The lowest BCUT2D eigenvalue weighted by atomic mass is 10.2. The fourth-order valence-corrected chi connectivity index (χ4v) is 3.89. The number of benzene rings is 1. The van der Waals surface area contributed by atoms with Gasteiger partial charge in [-0.3, -0.25) is 4.79 Å². The zero-order valence-corrected chi connectivity index (χ0v) is 14.9. The summed E-state index contributed by atoms with van der Waals surface area (Å²) >= 11 is 1.49. The van der Waals surface area contributed by atoms with Gasteiger partial charge in [0.2, 0.25) is 0 Å². The van der Waals surface area contributed by atoms with Gasteiger partial charge in [0.25, 0.3) is 5.91 Å². The van der Waals surface area contributed by atoms with Crippen LogP contribution in [0.4, 0.5) is 8.78 Å². The number of aryl methyl sites for hydroxylation is 1. The number of aromatic nitrogens is 3. The van der Waals surface area contributed by atoms with Crippen LogP contribution in [-0.4, -0.2) is 20.7 Å². The van der Waals surface area contributed by atoms with Crippen molar-refractivity contribution in [2.75, 3.05) is 0 Å². The number of nitrogens with one attached hydrogen (secondary N) is 1. The summed E-state index contributed by atoms with van der Waals surface area (Å²) < 4.78 is 28.4. The van der Waals surface area contributed by atoms with Gasteiger partial charge in [0, 0.05) is 28.4 Å². The van der Waals surface area contributed by atoms with E-state index in [2.05, 4.69) is 15.4 Å². The molecule has 4 rings (SSSR count). The van der Waals surface area contributed by atoms with Crippen LogP contribution in [0.3, 0.4) is 0 Å². The maximum Gasteiger partial charge on any atom is 0.272 e. The number of thiazole rings is 1. The summed E-state index contributed by atoms with van der Waals surface area (Å²) in [5.41, 5.74) is 3.43. The quantitative estimate of drug-likeness (QED) is 0.762. The number of nitrogens with zero attached hydrogens (tertiary/aromatic N) is 3. The highest BCUT2D eigenvalue weighted by molar-refractivity contribution is 7.09. The van der Waals surface area contributed by atoms with E-state index in [0.29, 0.717) is 17.9 Å². The van der Waals surface area contributed by atoms with Crippen LogP contribution in [0, 0.1) is 18.6 Å². The summed E-state index contributed by atoms with van der Waals surface area (Å²) in [5, 5.41) is 9.99. The van der Waals surface area contributed by atoms with E-state index in [0.717, 1.165) is 53.4 Å². The van der Waals surface area contributed by atoms with E-state index in [1.165, 1.54) is 17.4 Å². The monoisotopic (exact) mass is 374 g/mol. The number of carbonyl (C=O) groups excluding carboxylic acids is 1. The minimum absolute atomic E-state index is 0.280. The van der Waals surface area contributed by atoms with Crippen LogP contribution >= 0.6 is 11.3 Å². The summed E-state index contributed by atoms with van der Waals surface area (Å²) in [4.78, 5) is 16.9. The Labute approximate surface area is 152 Å². The van der Waals surface area contributed by atoms with E-state index in [1.54, 1.807) is 4.68 Å². The van der Waals surface area contributed by atoms with Crippen molar-refractivity contribution in [3.63, 3.8) is 0 Å². The van der Waals surface area contributed by atoms with Crippen molar-refractivity contribution in [3.8, 4) is 5.69 Å². The Morgan fingerprint density at radius 2 is 2.15 bits per heavy atom. The molecule has 0 saturated carbocycles. The molecule has 3 aromatic rings. The van der Waals surface area contributed by atoms with Crippen molar-refractivity contribution >= 4 is 17.2 Å². The molecule has 26 heavy (non-hydrogen) atoms. The molecule has 0 aliphatic heterocycles. The van der Waals surface area contributed by atoms with Crippen LogP contribution < -0.4 is 5.32 Å². The van der Waals surface area contributed by atoms with E-state index < -0.39 is 11.6 Å². The lowest BCUT2D eigenvalue weighted by Gasteiger charge is -2.06. The Kier molecular flexibility index (Phi) is 4.28.